The van der Waals surface area contributed by atoms with Gasteiger partial charge in [0.05, 0.1) is 11.2 Å². The van der Waals surface area contributed by atoms with Gasteiger partial charge in [0.1, 0.15) is 5.69 Å². The van der Waals surface area contributed by atoms with E-state index < -0.39 is 0 Å². The van der Waals surface area contributed by atoms with E-state index in [1.54, 1.807) is 0 Å². The lowest BCUT2D eigenvalue weighted by atomic mass is 10.0. The van der Waals surface area contributed by atoms with E-state index in [0.717, 1.165) is 16.9 Å². The first-order chi connectivity index (χ1) is 8.29. The maximum absolute atomic E-state index is 6.09. The summed E-state index contributed by atoms with van der Waals surface area (Å²) in [6.45, 7) is 10.5. The molecule has 0 radical (unpaired) electrons. The SMILES string of the molecule is Cc1ccc(-c2nn(C(C)(C)C)cc2N)c(C)c1. The molecule has 2 rings (SSSR count). The number of rotatable bonds is 1. The highest BCUT2D eigenvalue weighted by molar-refractivity contribution is 5.74. The summed E-state index contributed by atoms with van der Waals surface area (Å²) in [5.41, 5.74) is 11.2. The van der Waals surface area contributed by atoms with Crippen molar-refractivity contribution in [1.29, 1.82) is 0 Å². The molecule has 0 amide bonds. The molecule has 3 heteroatoms. The zero-order chi connectivity index (χ0) is 13.5. The first-order valence-electron chi connectivity index (χ1n) is 6.22. The topological polar surface area (TPSA) is 43.8 Å². The number of aromatic nitrogens is 2. The van der Waals surface area contributed by atoms with Gasteiger partial charge in [-0.2, -0.15) is 5.10 Å². The molecule has 18 heavy (non-hydrogen) atoms. The summed E-state index contributed by atoms with van der Waals surface area (Å²) < 4.78 is 1.93. The van der Waals surface area contributed by atoms with Gasteiger partial charge in [0.15, 0.2) is 0 Å². The Hall–Kier alpha value is -1.77. The molecule has 2 N–H and O–H groups in total. The Balaban J connectivity index is 2.55. The molecule has 0 fully saturated rings. The molecule has 0 saturated heterocycles. The number of nitrogen functional groups attached to an aromatic ring is 1. The Labute approximate surface area is 109 Å². The first kappa shape index (κ1) is 12.7. The van der Waals surface area contributed by atoms with Crippen LogP contribution in [-0.4, -0.2) is 9.78 Å². The van der Waals surface area contributed by atoms with Crippen LogP contribution in [-0.2, 0) is 5.54 Å². The Morgan fingerprint density at radius 3 is 2.33 bits per heavy atom. The van der Waals surface area contributed by atoms with Crippen molar-refractivity contribution < 1.29 is 0 Å². The molecule has 0 bridgehead atoms. The number of anilines is 1. The maximum atomic E-state index is 6.09. The van der Waals surface area contributed by atoms with E-state index in [0.29, 0.717) is 0 Å². The van der Waals surface area contributed by atoms with Crippen molar-refractivity contribution >= 4 is 5.69 Å². The largest absolute Gasteiger partial charge is 0.396 e. The maximum Gasteiger partial charge on any atom is 0.115 e. The van der Waals surface area contributed by atoms with Crippen LogP contribution in [0.3, 0.4) is 0 Å². The summed E-state index contributed by atoms with van der Waals surface area (Å²) in [7, 11) is 0. The zero-order valence-electron chi connectivity index (χ0n) is 11.8. The van der Waals surface area contributed by atoms with E-state index in [-0.39, 0.29) is 5.54 Å². The number of aryl methyl sites for hydroxylation is 2. The standard InChI is InChI=1S/C15H21N3/c1-10-6-7-12(11(2)8-10)14-13(16)9-18(17-14)15(3,4)5/h6-9H,16H2,1-5H3. The fourth-order valence-corrected chi connectivity index (χ4v) is 2.02. The molecular formula is C15H21N3. The summed E-state index contributed by atoms with van der Waals surface area (Å²) >= 11 is 0. The fourth-order valence-electron chi connectivity index (χ4n) is 2.02. The summed E-state index contributed by atoms with van der Waals surface area (Å²) in [6.07, 6.45) is 1.91. The van der Waals surface area contributed by atoms with Crippen molar-refractivity contribution in [3.05, 3.63) is 35.5 Å². The van der Waals surface area contributed by atoms with Crippen LogP contribution in [0, 0.1) is 13.8 Å². The van der Waals surface area contributed by atoms with E-state index in [2.05, 4.69) is 57.9 Å². The Morgan fingerprint density at radius 2 is 1.83 bits per heavy atom. The molecule has 0 aliphatic rings. The molecule has 1 aromatic carbocycles. The molecule has 1 heterocycles. The van der Waals surface area contributed by atoms with Crippen LogP contribution < -0.4 is 5.73 Å². The number of nitrogens with two attached hydrogens (primary N) is 1. The van der Waals surface area contributed by atoms with Gasteiger partial charge in [-0.3, -0.25) is 4.68 Å². The van der Waals surface area contributed by atoms with E-state index in [1.165, 1.54) is 11.1 Å². The third-order valence-corrected chi connectivity index (χ3v) is 3.07. The Morgan fingerprint density at radius 1 is 1.17 bits per heavy atom. The first-order valence-corrected chi connectivity index (χ1v) is 6.22. The highest BCUT2D eigenvalue weighted by Crippen LogP contribution is 2.29. The van der Waals surface area contributed by atoms with Crippen molar-refractivity contribution in [3.63, 3.8) is 0 Å². The lowest BCUT2D eigenvalue weighted by molar-refractivity contribution is 0.356. The molecule has 3 nitrogen and oxygen atoms in total. The van der Waals surface area contributed by atoms with E-state index in [9.17, 15) is 0 Å². The Bertz CT molecular complexity index is 574. The predicted molar refractivity (Wildman–Crippen MR) is 76.5 cm³/mol. The van der Waals surface area contributed by atoms with Crippen LogP contribution in [0.4, 0.5) is 5.69 Å². The van der Waals surface area contributed by atoms with Gasteiger partial charge in [-0.1, -0.05) is 23.8 Å². The lowest BCUT2D eigenvalue weighted by Crippen LogP contribution is -2.22. The van der Waals surface area contributed by atoms with Crippen LogP contribution >= 0.6 is 0 Å². The molecule has 0 unspecified atom stereocenters. The minimum Gasteiger partial charge on any atom is -0.396 e. The minimum absolute atomic E-state index is 0.0506. The van der Waals surface area contributed by atoms with Gasteiger partial charge in [0, 0.05) is 11.8 Å². The smallest absolute Gasteiger partial charge is 0.115 e. The number of hydrogen-bond donors (Lipinski definition) is 1. The quantitative estimate of drug-likeness (QED) is 0.833. The minimum atomic E-state index is -0.0506. The van der Waals surface area contributed by atoms with Crippen molar-refractivity contribution in [2.24, 2.45) is 0 Å². The van der Waals surface area contributed by atoms with Crippen LogP contribution in [0.25, 0.3) is 11.3 Å². The van der Waals surface area contributed by atoms with Gasteiger partial charge >= 0.3 is 0 Å². The highest BCUT2D eigenvalue weighted by atomic mass is 15.3. The average molecular weight is 243 g/mol. The molecule has 96 valence electrons. The average Bonchev–Trinajstić information content (AvgIpc) is 2.60. The van der Waals surface area contributed by atoms with Crippen molar-refractivity contribution in [2.75, 3.05) is 5.73 Å². The van der Waals surface area contributed by atoms with Gasteiger partial charge in [0.2, 0.25) is 0 Å². The molecule has 0 saturated carbocycles. The summed E-state index contributed by atoms with van der Waals surface area (Å²) in [5, 5.41) is 4.63. The molecule has 0 aliphatic carbocycles. The highest BCUT2D eigenvalue weighted by Gasteiger charge is 2.18. The monoisotopic (exact) mass is 243 g/mol. The van der Waals surface area contributed by atoms with Crippen LogP contribution in [0.1, 0.15) is 31.9 Å². The molecule has 0 atom stereocenters. The van der Waals surface area contributed by atoms with Crippen LogP contribution in [0.2, 0.25) is 0 Å². The van der Waals surface area contributed by atoms with Gasteiger partial charge in [-0.05, 0) is 40.2 Å². The summed E-state index contributed by atoms with van der Waals surface area (Å²) in [4.78, 5) is 0. The third-order valence-electron chi connectivity index (χ3n) is 3.07. The fraction of sp³-hybridized carbons (Fsp3) is 0.400. The van der Waals surface area contributed by atoms with E-state index in [1.807, 2.05) is 10.9 Å². The van der Waals surface area contributed by atoms with Crippen molar-refractivity contribution in [3.8, 4) is 11.3 Å². The van der Waals surface area contributed by atoms with Crippen molar-refractivity contribution in [1.82, 2.24) is 9.78 Å². The third kappa shape index (κ3) is 2.26. The summed E-state index contributed by atoms with van der Waals surface area (Å²) in [6, 6.07) is 6.35. The van der Waals surface area contributed by atoms with Gasteiger partial charge in [-0.25, -0.2) is 0 Å². The second kappa shape index (κ2) is 4.16. The molecule has 2 aromatic rings. The molecule has 0 aliphatic heterocycles. The lowest BCUT2D eigenvalue weighted by Gasteiger charge is -2.18. The molecular weight excluding hydrogens is 222 g/mol. The summed E-state index contributed by atoms with van der Waals surface area (Å²) in [5.74, 6) is 0. The second-order valence-corrected chi connectivity index (χ2v) is 5.87. The zero-order valence-corrected chi connectivity index (χ0v) is 11.8. The van der Waals surface area contributed by atoms with Gasteiger partial charge < -0.3 is 5.73 Å². The van der Waals surface area contributed by atoms with Gasteiger partial charge in [-0.15, -0.1) is 0 Å². The van der Waals surface area contributed by atoms with Crippen LogP contribution in [0.5, 0.6) is 0 Å². The normalized spacial score (nSPS) is 11.8. The molecule has 1 aromatic heterocycles. The van der Waals surface area contributed by atoms with E-state index in [4.69, 9.17) is 5.73 Å². The number of hydrogen-bond acceptors (Lipinski definition) is 2. The van der Waals surface area contributed by atoms with E-state index >= 15 is 0 Å². The number of benzene rings is 1. The molecule has 0 spiro atoms. The van der Waals surface area contributed by atoms with Crippen molar-refractivity contribution in [2.45, 2.75) is 40.2 Å². The Kier molecular flexibility index (Phi) is 2.93. The number of nitrogens with zero attached hydrogens (tertiary/aromatic N) is 2. The predicted octanol–water partition coefficient (Wildman–Crippen LogP) is 3.50. The van der Waals surface area contributed by atoms with Crippen LogP contribution in [0.15, 0.2) is 24.4 Å². The van der Waals surface area contributed by atoms with Gasteiger partial charge in [0.25, 0.3) is 0 Å². The second-order valence-electron chi connectivity index (χ2n) is 5.87.